The second-order valence-electron chi connectivity index (χ2n) is 4.93. The van der Waals surface area contributed by atoms with Crippen LogP contribution in [0, 0.1) is 12.8 Å². The Hall–Kier alpha value is -1.89. The second kappa shape index (κ2) is 7.64. The predicted octanol–water partition coefficient (Wildman–Crippen LogP) is -0.561. The normalized spacial score (nSPS) is 12.2. The third-order valence-electron chi connectivity index (χ3n) is 3.13. The number of carbonyl (C=O) groups excluding carboxylic acids is 1. The van der Waals surface area contributed by atoms with Crippen molar-refractivity contribution >= 4 is 5.91 Å². The molecule has 20 heavy (non-hydrogen) atoms. The van der Waals surface area contributed by atoms with Gasteiger partial charge in [0.05, 0.1) is 0 Å². The van der Waals surface area contributed by atoms with Crippen LogP contribution in [0.15, 0.2) is 9.59 Å². The van der Waals surface area contributed by atoms with Crippen molar-refractivity contribution < 1.29 is 9.90 Å². The molecule has 0 saturated heterocycles. The molecule has 0 aromatic carbocycles. The molecule has 1 heterocycles. The molecule has 1 aromatic rings. The van der Waals surface area contributed by atoms with E-state index >= 15 is 0 Å². The highest BCUT2D eigenvalue weighted by Gasteiger charge is 2.10. The summed E-state index contributed by atoms with van der Waals surface area (Å²) in [7, 11) is 0. The predicted molar refractivity (Wildman–Crippen MR) is 74.6 cm³/mol. The maximum Gasteiger partial charge on any atom is 0.325 e. The number of aliphatic hydroxyl groups is 1. The quantitative estimate of drug-likeness (QED) is 0.537. The van der Waals surface area contributed by atoms with Gasteiger partial charge in [-0.25, -0.2) is 4.79 Å². The molecule has 1 aromatic heterocycles. The van der Waals surface area contributed by atoms with Gasteiger partial charge in [-0.15, -0.1) is 0 Å². The van der Waals surface area contributed by atoms with E-state index in [1.807, 2.05) is 6.92 Å². The number of aliphatic hydroxyl groups excluding tert-OH is 1. The topological polar surface area (TPSA) is 115 Å². The Morgan fingerprint density at radius 1 is 1.35 bits per heavy atom. The molecule has 1 unspecified atom stereocenters. The van der Waals surface area contributed by atoms with Gasteiger partial charge in [-0.3, -0.25) is 14.6 Å². The van der Waals surface area contributed by atoms with E-state index in [4.69, 9.17) is 5.11 Å². The van der Waals surface area contributed by atoms with Gasteiger partial charge < -0.3 is 15.4 Å². The fraction of sp³-hybridized carbons (Fsp3) is 0.615. The van der Waals surface area contributed by atoms with Crippen molar-refractivity contribution in [3.8, 4) is 0 Å². The first-order valence-corrected chi connectivity index (χ1v) is 6.63. The van der Waals surface area contributed by atoms with Crippen molar-refractivity contribution in [2.75, 3.05) is 13.2 Å². The van der Waals surface area contributed by atoms with Gasteiger partial charge in [0.1, 0.15) is 0 Å². The molecule has 0 bridgehead atoms. The van der Waals surface area contributed by atoms with Crippen LogP contribution in [0.5, 0.6) is 0 Å². The lowest BCUT2D eigenvalue weighted by molar-refractivity contribution is -0.121. The van der Waals surface area contributed by atoms with Crippen LogP contribution in [0.2, 0.25) is 0 Å². The first-order chi connectivity index (χ1) is 9.43. The molecule has 0 aliphatic carbocycles. The molecule has 1 amide bonds. The number of rotatable bonds is 7. The summed E-state index contributed by atoms with van der Waals surface area (Å²) in [6.07, 6.45) is 1.10. The van der Waals surface area contributed by atoms with Crippen molar-refractivity contribution in [1.82, 2.24) is 15.3 Å². The third kappa shape index (κ3) is 5.00. The summed E-state index contributed by atoms with van der Waals surface area (Å²) >= 11 is 0. The zero-order valence-corrected chi connectivity index (χ0v) is 11.8. The van der Waals surface area contributed by atoms with Crippen LogP contribution >= 0.6 is 0 Å². The monoisotopic (exact) mass is 283 g/mol. The van der Waals surface area contributed by atoms with E-state index in [0.29, 0.717) is 24.2 Å². The van der Waals surface area contributed by atoms with E-state index in [1.54, 1.807) is 6.92 Å². The molecule has 7 heteroatoms. The largest absolute Gasteiger partial charge is 0.396 e. The molecule has 0 aliphatic rings. The summed E-state index contributed by atoms with van der Waals surface area (Å²) < 4.78 is 0. The highest BCUT2D eigenvalue weighted by atomic mass is 16.3. The SMILES string of the molecule is Cc1[nH]c(=O)[nH]c(=O)c1CCC(=O)NCC(C)CCO. The van der Waals surface area contributed by atoms with Gasteiger partial charge >= 0.3 is 5.69 Å². The number of H-pyrrole nitrogens is 2. The van der Waals surface area contributed by atoms with Gasteiger partial charge in [-0.1, -0.05) is 6.92 Å². The van der Waals surface area contributed by atoms with Crippen molar-refractivity contribution in [2.45, 2.75) is 33.1 Å². The van der Waals surface area contributed by atoms with Crippen molar-refractivity contribution in [2.24, 2.45) is 5.92 Å². The Labute approximate surface area is 116 Å². The summed E-state index contributed by atoms with van der Waals surface area (Å²) in [4.78, 5) is 38.9. The van der Waals surface area contributed by atoms with E-state index in [9.17, 15) is 14.4 Å². The number of aromatic amines is 2. The number of carbonyl (C=O) groups is 1. The number of aromatic nitrogens is 2. The molecule has 0 fully saturated rings. The standard InChI is InChI=1S/C13H21N3O4/c1-8(5-6-17)7-14-11(18)4-3-10-9(2)15-13(20)16-12(10)19/h8,17H,3-7H2,1-2H3,(H,14,18)(H2,15,16,19,20). The summed E-state index contributed by atoms with van der Waals surface area (Å²) in [6.45, 7) is 4.17. The first kappa shape index (κ1) is 16.2. The molecular weight excluding hydrogens is 262 g/mol. The summed E-state index contributed by atoms with van der Waals surface area (Å²) in [5, 5.41) is 11.5. The van der Waals surface area contributed by atoms with Crippen LogP contribution in [0.4, 0.5) is 0 Å². The van der Waals surface area contributed by atoms with Crippen LogP contribution < -0.4 is 16.6 Å². The van der Waals surface area contributed by atoms with Gasteiger partial charge in [0.25, 0.3) is 5.56 Å². The number of nitrogens with one attached hydrogen (secondary N) is 3. The van der Waals surface area contributed by atoms with E-state index in [-0.39, 0.29) is 31.3 Å². The maximum atomic E-state index is 11.7. The average molecular weight is 283 g/mol. The van der Waals surface area contributed by atoms with Crippen LogP contribution in [0.1, 0.15) is 31.0 Å². The second-order valence-corrected chi connectivity index (χ2v) is 4.93. The van der Waals surface area contributed by atoms with Gasteiger partial charge in [-0.2, -0.15) is 0 Å². The van der Waals surface area contributed by atoms with E-state index in [1.165, 1.54) is 0 Å². The van der Waals surface area contributed by atoms with Crippen LogP contribution in [-0.4, -0.2) is 34.1 Å². The maximum absolute atomic E-state index is 11.7. The number of aryl methyl sites for hydroxylation is 1. The molecule has 0 spiro atoms. The van der Waals surface area contributed by atoms with Gasteiger partial charge in [0, 0.05) is 30.8 Å². The molecule has 1 rings (SSSR count). The van der Waals surface area contributed by atoms with E-state index in [0.717, 1.165) is 0 Å². The summed E-state index contributed by atoms with van der Waals surface area (Å²) in [5.41, 5.74) is -0.0883. The lowest BCUT2D eigenvalue weighted by Gasteiger charge is -2.11. The summed E-state index contributed by atoms with van der Waals surface area (Å²) in [6, 6.07) is 0. The number of hydrogen-bond donors (Lipinski definition) is 4. The van der Waals surface area contributed by atoms with Gasteiger partial charge in [-0.05, 0) is 25.7 Å². The van der Waals surface area contributed by atoms with Crippen LogP contribution in [0.25, 0.3) is 0 Å². The third-order valence-corrected chi connectivity index (χ3v) is 3.13. The smallest absolute Gasteiger partial charge is 0.325 e. The van der Waals surface area contributed by atoms with Crippen LogP contribution in [0.3, 0.4) is 0 Å². The van der Waals surface area contributed by atoms with E-state index < -0.39 is 11.2 Å². The number of hydrogen-bond acceptors (Lipinski definition) is 4. The molecular formula is C13H21N3O4. The highest BCUT2D eigenvalue weighted by molar-refractivity contribution is 5.76. The minimum absolute atomic E-state index is 0.100. The van der Waals surface area contributed by atoms with Gasteiger partial charge in [0.15, 0.2) is 0 Å². The van der Waals surface area contributed by atoms with E-state index in [2.05, 4.69) is 15.3 Å². The average Bonchev–Trinajstić information content (AvgIpc) is 2.35. The fourth-order valence-corrected chi connectivity index (χ4v) is 1.86. The lowest BCUT2D eigenvalue weighted by Crippen LogP contribution is -2.31. The summed E-state index contributed by atoms with van der Waals surface area (Å²) in [5.74, 6) is 0.0574. The Bertz CT molecular complexity index is 561. The minimum Gasteiger partial charge on any atom is -0.396 e. The lowest BCUT2D eigenvalue weighted by atomic mass is 10.1. The first-order valence-electron chi connectivity index (χ1n) is 6.63. The Morgan fingerprint density at radius 3 is 2.65 bits per heavy atom. The van der Waals surface area contributed by atoms with Crippen molar-refractivity contribution in [3.63, 3.8) is 0 Å². The zero-order valence-electron chi connectivity index (χ0n) is 11.8. The highest BCUT2D eigenvalue weighted by Crippen LogP contribution is 2.01. The van der Waals surface area contributed by atoms with Crippen LogP contribution in [-0.2, 0) is 11.2 Å². The molecule has 0 radical (unpaired) electrons. The molecule has 0 saturated carbocycles. The van der Waals surface area contributed by atoms with Crippen molar-refractivity contribution in [1.29, 1.82) is 0 Å². The molecule has 0 aliphatic heterocycles. The molecule has 7 nitrogen and oxygen atoms in total. The Kier molecular flexibility index (Phi) is 6.17. The number of amides is 1. The molecule has 1 atom stereocenters. The minimum atomic E-state index is -0.543. The fourth-order valence-electron chi connectivity index (χ4n) is 1.86. The van der Waals surface area contributed by atoms with Gasteiger partial charge in [0.2, 0.25) is 5.91 Å². The molecule has 4 N–H and O–H groups in total. The Morgan fingerprint density at radius 2 is 2.05 bits per heavy atom. The van der Waals surface area contributed by atoms with Crippen molar-refractivity contribution in [3.05, 3.63) is 32.1 Å². The zero-order chi connectivity index (χ0) is 15.1. The molecule has 112 valence electrons. The Balaban J connectivity index is 2.50.